The van der Waals surface area contributed by atoms with Crippen LogP contribution in [0.5, 0.6) is 0 Å². The topological polar surface area (TPSA) is 63.8 Å². The first kappa shape index (κ1) is 17.7. The van der Waals surface area contributed by atoms with E-state index in [-0.39, 0.29) is 0 Å². The second kappa shape index (κ2) is 7.41. The molecular weight excluding hydrogens is 387 g/mol. The molecule has 1 unspecified atom stereocenters. The number of aliphatic hydroxyl groups excluding tert-OH is 1. The summed E-state index contributed by atoms with van der Waals surface area (Å²) in [5, 5.41) is 14.3. The molecule has 3 aromatic rings. The zero-order valence-corrected chi connectivity index (χ0v) is 15.5. The predicted octanol–water partition coefficient (Wildman–Crippen LogP) is 3.91. The highest BCUT2D eigenvalue weighted by Gasteiger charge is 2.18. The molecule has 2 heterocycles. The molecule has 0 bridgehead atoms. The van der Waals surface area contributed by atoms with Crippen molar-refractivity contribution in [2.45, 2.75) is 32.9 Å². The summed E-state index contributed by atoms with van der Waals surface area (Å²) in [7, 11) is 0. The molecule has 0 saturated carbocycles. The third-order valence-electron chi connectivity index (χ3n) is 3.99. The first-order chi connectivity index (χ1) is 12.0. The SMILES string of the molecule is CCn1ncc(Cc2nccnc2-c2ccc(F)cc2C(C)O)c1Br. The summed E-state index contributed by atoms with van der Waals surface area (Å²) >= 11 is 3.56. The molecule has 1 N–H and O–H groups in total. The van der Waals surface area contributed by atoms with Crippen LogP contribution in [0.15, 0.2) is 41.4 Å². The van der Waals surface area contributed by atoms with Crippen LogP contribution >= 0.6 is 15.9 Å². The van der Waals surface area contributed by atoms with Crippen molar-refractivity contribution in [1.82, 2.24) is 19.7 Å². The molecule has 0 aliphatic heterocycles. The molecule has 0 radical (unpaired) electrons. The molecule has 0 fully saturated rings. The fourth-order valence-electron chi connectivity index (χ4n) is 2.74. The van der Waals surface area contributed by atoms with Crippen molar-refractivity contribution < 1.29 is 9.50 Å². The largest absolute Gasteiger partial charge is 0.389 e. The molecule has 25 heavy (non-hydrogen) atoms. The van der Waals surface area contributed by atoms with Crippen molar-refractivity contribution in [3.05, 3.63) is 64.0 Å². The van der Waals surface area contributed by atoms with Gasteiger partial charge in [0.25, 0.3) is 0 Å². The first-order valence-electron chi connectivity index (χ1n) is 7.99. The highest BCUT2D eigenvalue weighted by atomic mass is 79.9. The Balaban J connectivity index is 2.06. The second-order valence-corrected chi connectivity index (χ2v) is 6.46. The molecule has 130 valence electrons. The number of halogens is 2. The van der Waals surface area contributed by atoms with E-state index in [0.29, 0.717) is 23.2 Å². The smallest absolute Gasteiger partial charge is 0.123 e. The zero-order valence-electron chi connectivity index (χ0n) is 13.9. The summed E-state index contributed by atoms with van der Waals surface area (Å²) in [5.74, 6) is -0.392. The van der Waals surface area contributed by atoms with E-state index in [2.05, 4.69) is 31.0 Å². The summed E-state index contributed by atoms with van der Waals surface area (Å²) < 4.78 is 16.4. The highest BCUT2D eigenvalue weighted by Crippen LogP contribution is 2.31. The van der Waals surface area contributed by atoms with Crippen molar-refractivity contribution in [2.75, 3.05) is 0 Å². The van der Waals surface area contributed by atoms with Crippen LogP contribution in [0.2, 0.25) is 0 Å². The van der Waals surface area contributed by atoms with Crippen molar-refractivity contribution in [3.63, 3.8) is 0 Å². The minimum Gasteiger partial charge on any atom is -0.389 e. The van der Waals surface area contributed by atoms with E-state index < -0.39 is 11.9 Å². The Labute approximate surface area is 153 Å². The lowest BCUT2D eigenvalue weighted by molar-refractivity contribution is 0.199. The maximum Gasteiger partial charge on any atom is 0.123 e. The summed E-state index contributed by atoms with van der Waals surface area (Å²) in [6.07, 6.45) is 4.74. The number of aryl methyl sites for hydroxylation is 1. The van der Waals surface area contributed by atoms with Crippen molar-refractivity contribution >= 4 is 15.9 Å². The maximum atomic E-state index is 13.6. The Bertz CT molecular complexity index is 895. The lowest BCUT2D eigenvalue weighted by Crippen LogP contribution is -2.03. The van der Waals surface area contributed by atoms with Gasteiger partial charge in [0.05, 0.1) is 23.7 Å². The second-order valence-electron chi connectivity index (χ2n) is 5.71. The summed E-state index contributed by atoms with van der Waals surface area (Å²) in [6, 6.07) is 4.34. The van der Waals surface area contributed by atoms with Crippen LogP contribution in [0.3, 0.4) is 0 Å². The molecule has 1 aromatic carbocycles. The van der Waals surface area contributed by atoms with E-state index in [4.69, 9.17) is 0 Å². The number of aliphatic hydroxyl groups is 1. The molecule has 1 atom stereocenters. The standard InChI is InChI=1S/C18H18BrFN4O/c1-3-24-18(19)12(10-23-24)8-16-17(22-7-6-21-16)14-5-4-13(20)9-15(14)11(2)25/h4-7,9-11,25H,3,8H2,1-2H3. The molecule has 0 amide bonds. The average Bonchev–Trinajstić information content (AvgIpc) is 2.95. The minimum atomic E-state index is -0.810. The number of hydrogen-bond donors (Lipinski definition) is 1. The Morgan fingerprint density at radius 1 is 1.28 bits per heavy atom. The van der Waals surface area contributed by atoms with Gasteiger partial charge >= 0.3 is 0 Å². The number of rotatable bonds is 5. The average molecular weight is 405 g/mol. The van der Waals surface area contributed by atoms with E-state index in [1.807, 2.05) is 11.6 Å². The lowest BCUT2D eigenvalue weighted by Gasteiger charge is -2.14. The molecule has 2 aromatic heterocycles. The van der Waals surface area contributed by atoms with E-state index in [9.17, 15) is 9.50 Å². The van der Waals surface area contributed by atoms with Crippen LogP contribution in [-0.2, 0) is 13.0 Å². The van der Waals surface area contributed by atoms with E-state index in [0.717, 1.165) is 22.4 Å². The Hall–Kier alpha value is -2.12. The Morgan fingerprint density at radius 2 is 2.04 bits per heavy atom. The van der Waals surface area contributed by atoms with Gasteiger partial charge in [-0.15, -0.1) is 0 Å². The number of hydrogen-bond acceptors (Lipinski definition) is 4. The van der Waals surface area contributed by atoms with Gasteiger partial charge in [-0.25, -0.2) is 4.39 Å². The van der Waals surface area contributed by atoms with Gasteiger partial charge in [0.2, 0.25) is 0 Å². The summed E-state index contributed by atoms with van der Waals surface area (Å²) in [6.45, 7) is 4.39. The maximum absolute atomic E-state index is 13.6. The first-order valence-corrected chi connectivity index (χ1v) is 8.78. The Morgan fingerprint density at radius 3 is 2.72 bits per heavy atom. The number of aromatic nitrogens is 4. The minimum absolute atomic E-state index is 0.392. The van der Waals surface area contributed by atoms with Gasteiger partial charge in [-0.05, 0) is 53.5 Å². The van der Waals surface area contributed by atoms with Crippen LogP contribution in [0, 0.1) is 5.82 Å². The fourth-order valence-corrected chi connectivity index (χ4v) is 3.33. The van der Waals surface area contributed by atoms with Gasteiger partial charge in [0.15, 0.2) is 0 Å². The van der Waals surface area contributed by atoms with Gasteiger partial charge < -0.3 is 5.11 Å². The normalized spacial score (nSPS) is 12.4. The number of benzene rings is 1. The van der Waals surface area contributed by atoms with Crippen molar-refractivity contribution in [1.29, 1.82) is 0 Å². The third kappa shape index (κ3) is 3.62. The highest BCUT2D eigenvalue weighted by molar-refractivity contribution is 9.10. The molecule has 0 aliphatic rings. The zero-order chi connectivity index (χ0) is 18.0. The van der Waals surface area contributed by atoms with E-state index in [1.54, 1.807) is 31.6 Å². The molecule has 3 rings (SSSR count). The van der Waals surface area contributed by atoms with E-state index >= 15 is 0 Å². The lowest BCUT2D eigenvalue weighted by atomic mass is 9.97. The van der Waals surface area contributed by atoms with Gasteiger partial charge in [0.1, 0.15) is 10.4 Å². The summed E-state index contributed by atoms with van der Waals surface area (Å²) in [5.41, 5.74) is 3.54. The quantitative estimate of drug-likeness (QED) is 0.699. The summed E-state index contributed by atoms with van der Waals surface area (Å²) in [4.78, 5) is 8.89. The Kier molecular flexibility index (Phi) is 5.24. The fraction of sp³-hybridized carbons (Fsp3) is 0.278. The third-order valence-corrected chi connectivity index (χ3v) is 4.91. The van der Waals surface area contributed by atoms with Gasteiger partial charge in [-0.3, -0.25) is 14.6 Å². The molecular formula is C18H18BrFN4O. The van der Waals surface area contributed by atoms with Crippen molar-refractivity contribution in [3.8, 4) is 11.3 Å². The molecule has 0 saturated heterocycles. The van der Waals surface area contributed by atoms with Crippen LogP contribution in [0.1, 0.15) is 36.8 Å². The predicted molar refractivity (Wildman–Crippen MR) is 96.5 cm³/mol. The van der Waals surface area contributed by atoms with Crippen LogP contribution in [-0.4, -0.2) is 24.9 Å². The van der Waals surface area contributed by atoms with Crippen molar-refractivity contribution in [2.24, 2.45) is 0 Å². The molecule has 0 spiro atoms. The van der Waals surface area contributed by atoms with Gasteiger partial charge in [0, 0.05) is 36.5 Å². The van der Waals surface area contributed by atoms with Gasteiger partial charge in [-0.1, -0.05) is 0 Å². The van der Waals surface area contributed by atoms with E-state index in [1.165, 1.54) is 12.1 Å². The van der Waals surface area contributed by atoms with Crippen LogP contribution in [0.25, 0.3) is 11.3 Å². The van der Waals surface area contributed by atoms with Crippen LogP contribution < -0.4 is 0 Å². The van der Waals surface area contributed by atoms with Gasteiger partial charge in [-0.2, -0.15) is 5.10 Å². The molecule has 0 aliphatic carbocycles. The molecule has 7 heteroatoms. The number of nitrogens with zero attached hydrogens (tertiary/aromatic N) is 4. The molecule has 5 nitrogen and oxygen atoms in total. The van der Waals surface area contributed by atoms with Crippen LogP contribution in [0.4, 0.5) is 4.39 Å². The monoisotopic (exact) mass is 404 g/mol.